The van der Waals surface area contributed by atoms with Crippen LogP contribution < -0.4 is 19.9 Å². The number of hydrogen-bond donors (Lipinski definition) is 2. The number of nitrogens with one attached hydrogen (secondary N) is 1. The molecule has 0 bridgehead atoms. The minimum Gasteiger partial charge on any atom is -0.493 e. The van der Waals surface area contributed by atoms with Crippen molar-refractivity contribution in [3.63, 3.8) is 0 Å². The van der Waals surface area contributed by atoms with Gasteiger partial charge in [-0.2, -0.15) is 0 Å². The summed E-state index contributed by atoms with van der Waals surface area (Å²) in [6.07, 6.45) is 3.87. The average Bonchev–Trinajstić information content (AvgIpc) is 3.56. The highest BCUT2D eigenvalue weighted by molar-refractivity contribution is 7.99. The topological polar surface area (TPSA) is 99.4 Å². The SMILES string of the molecule is CC=S(N)(=O)c1cccc(COc2cc3ncnc(NC4CC4)c3cc2OC)c1. The second-order valence-electron chi connectivity index (χ2n) is 6.98. The Morgan fingerprint density at radius 3 is 2.79 bits per heavy atom. The fourth-order valence-corrected chi connectivity index (χ4v) is 3.90. The normalized spacial score (nSPS) is 15.6. The number of nitrogens with zero attached hydrogens (tertiary/aromatic N) is 2. The van der Waals surface area contributed by atoms with Gasteiger partial charge in [0.2, 0.25) is 0 Å². The molecule has 3 N–H and O–H groups in total. The van der Waals surface area contributed by atoms with Gasteiger partial charge in [-0.15, -0.1) is 0 Å². The molecular formula is C21H24N4O3S. The Hall–Kier alpha value is -2.84. The first-order valence-electron chi connectivity index (χ1n) is 9.42. The molecule has 7 nitrogen and oxygen atoms in total. The lowest BCUT2D eigenvalue weighted by atomic mass is 10.2. The molecule has 1 fully saturated rings. The maximum absolute atomic E-state index is 12.4. The van der Waals surface area contributed by atoms with Crippen LogP contribution in [0.25, 0.3) is 10.9 Å². The van der Waals surface area contributed by atoms with Crippen LogP contribution in [0.3, 0.4) is 0 Å². The molecule has 0 aliphatic heterocycles. The van der Waals surface area contributed by atoms with E-state index in [9.17, 15) is 4.21 Å². The Kier molecular flexibility index (Phi) is 5.29. The van der Waals surface area contributed by atoms with Crippen molar-refractivity contribution in [1.82, 2.24) is 9.97 Å². The van der Waals surface area contributed by atoms with E-state index in [-0.39, 0.29) is 6.61 Å². The smallest absolute Gasteiger partial charge is 0.163 e. The second-order valence-corrected chi connectivity index (χ2v) is 9.22. The molecule has 2 aromatic carbocycles. The largest absolute Gasteiger partial charge is 0.493 e. The molecule has 29 heavy (non-hydrogen) atoms. The zero-order chi connectivity index (χ0) is 20.4. The molecule has 152 valence electrons. The van der Waals surface area contributed by atoms with Gasteiger partial charge in [0.05, 0.1) is 22.3 Å². The van der Waals surface area contributed by atoms with Crippen LogP contribution in [-0.2, 0) is 16.3 Å². The molecule has 0 saturated heterocycles. The van der Waals surface area contributed by atoms with E-state index in [1.165, 1.54) is 5.37 Å². The predicted octanol–water partition coefficient (Wildman–Crippen LogP) is 3.13. The average molecular weight is 413 g/mol. The van der Waals surface area contributed by atoms with Crippen LogP contribution in [0.4, 0.5) is 5.82 Å². The van der Waals surface area contributed by atoms with Crippen molar-refractivity contribution in [2.24, 2.45) is 5.14 Å². The molecule has 1 aromatic heterocycles. The Morgan fingerprint density at radius 2 is 2.07 bits per heavy atom. The summed E-state index contributed by atoms with van der Waals surface area (Å²) in [6.45, 7) is 1.98. The zero-order valence-corrected chi connectivity index (χ0v) is 17.2. The number of methoxy groups -OCH3 is 1. The van der Waals surface area contributed by atoms with Crippen molar-refractivity contribution in [3.8, 4) is 11.5 Å². The van der Waals surface area contributed by atoms with E-state index in [1.54, 1.807) is 32.5 Å². The first-order chi connectivity index (χ1) is 14.0. The van der Waals surface area contributed by atoms with Gasteiger partial charge in [-0.05, 0) is 48.9 Å². The molecule has 0 amide bonds. The number of aromatic nitrogens is 2. The van der Waals surface area contributed by atoms with Crippen LogP contribution in [0.15, 0.2) is 47.6 Å². The quantitative estimate of drug-likeness (QED) is 0.579. The van der Waals surface area contributed by atoms with Gasteiger partial charge < -0.3 is 14.8 Å². The third-order valence-electron chi connectivity index (χ3n) is 4.85. The number of nitrogens with two attached hydrogens (primary N) is 1. The van der Waals surface area contributed by atoms with E-state index in [1.807, 2.05) is 24.3 Å². The van der Waals surface area contributed by atoms with Crippen LogP contribution in [0, 0.1) is 0 Å². The van der Waals surface area contributed by atoms with Gasteiger partial charge in [-0.25, -0.2) is 14.2 Å². The number of rotatable bonds is 7. The standard InChI is InChI=1S/C21H24N4O3S/c1-3-29(22,26)16-6-4-5-14(9-16)12-28-20-11-18-17(10-19(20)27-2)21(24-13-23-18)25-15-7-8-15/h3-6,9-11,13,15H,7-8,12H2,1-2H3,(H2,22,26)(H,23,24,25). The molecule has 8 heteroatoms. The first-order valence-corrected chi connectivity index (χ1v) is 11.1. The van der Waals surface area contributed by atoms with Crippen molar-refractivity contribution < 1.29 is 13.7 Å². The molecule has 1 heterocycles. The highest BCUT2D eigenvalue weighted by atomic mass is 32.2. The lowest BCUT2D eigenvalue weighted by Crippen LogP contribution is -2.15. The van der Waals surface area contributed by atoms with Crippen molar-refractivity contribution in [2.45, 2.75) is 37.3 Å². The Balaban J connectivity index is 1.61. The summed E-state index contributed by atoms with van der Waals surface area (Å²) in [6, 6.07) is 11.5. The van der Waals surface area contributed by atoms with Crippen LogP contribution in [0.5, 0.6) is 11.5 Å². The van der Waals surface area contributed by atoms with Gasteiger partial charge in [0.1, 0.15) is 18.8 Å². The molecule has 1 unspecified atom stereocenters. The molecule has 1 aliphatic rings. The van der Waals surface area contributed by atoms with Gasteiger partial charge in [0, 0.05) is 22.4 Å². The van der Waals surface area contributed by atoms with Gasteiger partial charge in [-0.1, -0.05) is 12.1 Å². The number of ether oxygens (including phenoxy) is 2. The molecule has 1 atom stereocenters. The van der Waals surface area contributed by atoms with Crippen LogP contribution in [0.1, 0.15) is 25.3 Å². The summed E-state index contributed by atoms with van der Waals surface area (Å²) in [4.78, 5) is 9.32. The van der Waals surface area contributed by atoms with E-state index in [2.05, 4.69) is 15.3 Å². The number of fused-ring (bicyclic) bond motifs is 1. The van der Waals surface area contributed by atoms with Crippen LogP contribution in [0.2, 0.25) is 0 Å². The molecule has 4 rings (SSSR count). The third-order valence-corrected chi connectivity index (χ3v) is 6.54. The zero-order valence-electron chi connectivity index (χ0n) is 16.4. The van der Waals surface area contributed by atoms with E-state index in [0.29, 0.717) is 22.4 Å². The van der Waals surface area contributed by atoms with Crippen molar-refractivity contribution in [3.05, 3.63) is 48.3 Å². The third kappa shape index (κ3) is 4.28. The minimum atomic E-state index is -2.63. The molecule has 1 aliphatic carbocycles. The monoisotopic (exact) mass is 412 g/mol. The Labute approximate surface area is 170 Å². The fraction of sp³-hybridized carbons (Fsp3) is 0.286. The van der Waals surface area contributed by atoms with Gasteiger partial charge in [0.25, 0.3) is 0 Å². The Morgan fingerprint density at radius 1 is 1.24 bits per heavy atom. The molecule has 0 radical (unpaired) electrons. The summed E-state index contributed by atoms with van der Waals surface area (Å²) in [7, 11) is -1.03. The van der Waals surface area contributed by atoms with E-state index >= 15 is 0 Å². The summed E-state index contributed by atoms with van der Waals surface area (Å²) in [5, 5.41) is 11.7. The second kappa shape index (κ2) is 7.88. The van der Waals surface area contributed by atoms with Crippen molar-refractivity contribution in [2.75, 3.05) is 12.4 Å². The van der Waals surface area contributed by atoms with Crippen LogP contribution in [-0.4, -0.2) is 32.7 Å². The number of anilines is 1. The lowest BCUT2D eigenvalue weighted by Gasteiger charge is -2.14. The van der Waals surface area contributed by atoms with Crippen molar-refractivity contribution in [1.29, 1.82) is 0 Å². The van der Waals surface area contributed by atoms with Gasteiger partial charge >= 0.3 is 0 Å². The van der Waals surface area contributed by atoms with Crippen molar-refractivity contribution >= 4 is 31.8 Å². The summed E-state index contributed by atoms with van der Waals surface area (Å²) < 4.78 is 23.9. The first kappa shape index (κ1) is 19.5. The number of benzene rings is 2. The maximum atomic E-state index is 12.4. The number of hydrogen-bond acceptors (Lipinski definition) is 6. The molecular weight excluding hydrogens is 388 g/mol. The summed E-state index contributed by atoms with van der Waals surface area (Å²) in [5.41, 5.74) is 1.64. The lowest BCUT2D eigenvalue weighted by molar-refractivity contribution is 0.285. The molecule has 1 saturated carbocycles. The Bertz CT molecular complexity index is 1170. The van der Waals surface area contributed by atoms with E-state index in [4.69, 9.17) is 14.6 Å². The van der Waals surface area contributed by atoms with Gasteiger partial charge in [0.15, 0.2) is 11.5 Å². The van der Waals surface area contributed by atoms with E-state index in [0.717, 1.165) is 35.1 Å². The van der Waals surface area contributed by atoms with E-state index < -0.39 is 9.71 Å². The maximum Gasteiger partial charge on any atom is 0.163 e. The highest BCUT2D eigenvalue weighted by Gasteiger charge is 2.22. The van der Waals surface area contributed by atoms with Crippen LogP contribution >= 0.6 is 0 Å². The predicted molar refractivity (Wildman–Crippen MR) is 116 cm³/mol. The summed E-state index contributed by atoms with van der Waals surface area (Å²) >= 11 is 0. The fourth-order valence-electron chi connectivity index (χ4n) is 3.00. The minimum absolute atomic E-state index is 0.285. The molecule has 3 aromatic rings. The highest BCUT2D eigenvalue weighted by Crippen LogP contribution is 2.35. The van der Waals surface area contributed by atoms with Gasteiger partial charge in [-0.3, -0.25) is 5.14 Å². The summed E-state index contributed by atoms with van der Waals surface area (Å²) in [5.74, 6) is 1.99. The molecule has 0 spiro atoms.